The van der Waals surface area contributed by atoms with Gasteiger partial charge in [0.2, 0.25) is 5.78 Å². The van der Waals surface area contributed by atoms with E-state index in [1.54, 1.807) is 0 Å². The lowest BCUT2D eigenvalue weighted by atomic mass is 10.1. The van der Waals surface area contributed by atoms with Crippen molar-refractivity contribution in [2.75, 3.05) is 0 Å². The van der Waals surface area contributed by atoms with E-state index < -0.39 is 0 Å². The first-order valence-corrected chi connectivity index (χ1v) is 4.24. The standard InChI is InChI=1S/C6H3Br2NO2/c7-4-3(10)1-2(9)6(11)5(4)8/h1H,9H2. The summed E-state index contributed by atoms with van der Waals surface area (Å²) in [7, 11) is 0. The zero-order chi connectivity index (χ0) is 8.59. The molecule has 0 spiro atoms. The van der Waals surface area contributed by atoms with Crippen molar-refractivity contribution in [1.29, 1.82) is 0 Å². The molecule has 0 aromatic rings. The first-order chi connectivity index (χ1) is 5.04. The lowest BCUT2D eigenvalue weighted by molar-refractivity contribution is -0.114. The summed E-state index contributed by atoms with van der Waals surface area (Å²) in [4.78, 5) is 21.9. The Kier molecular flexibility index (Phi) is 2.29. The highest BCUT2D eigenvalue weighted by Gasteiger charge is 2.23. The number of hydrogen-bond acceptors (Lipinski definition) is 3. The quantitative estimate of drug-likeness (QED) is 0.673. The summed E-state index contributed by atoms with van der Waals surface area (Å²) in [5.74, 6) is -0.662. The minimum Gasteiger partial charge on any atom is -0.395 e. The summed E-state index contributed by atoms with van der Waals surface area (Å²) in [5, 5.41) is 0. The molecule has 0 aromatic heterocycles. The molecule has 0 aromatic carbocycles. The number of halogens is 2. The maximum atomic E-state index is 11.0. The minimum absolute atomic E-state index is 0.0370. The molecule has 1 aliphatic rings. The summed E-state index contributed by atoms with van der Waals surface area (Å²) in [5.41, 5.74) is 5.19. The maximum absolute atomic E-state index is 11.0. The molecular weight excluding hydrogens is 278 g/mol. The monoisotopic (exact) mass is 279 g/mol. The number of Topliss-reactive ketones (excluding diaryl/α,β-unsaturated/α-hetero) is 1. The average Bonchev–Trinajstić information content (AvgIpc) is 1.97. The van der Waals surface area contributed by atoms with E-state index in [9.17, 15) is 9.59 Å². The van der Waals surface area contributed by atoms with E-state index in [-0.39, 0.29) is 26.2 Å². The van der Waals surface area contributed by atoms with Crippen LogP contribution in [0.1, 0.15) is 0 Å². The molecule has 1 aliphatic carbocycles. The first kappa shape index (κ1) is 8.67. The van der Waals surface area contributed by atoms with Gasteiger partial charge in [-0.25, -0.2) is 0 Å². The summed E-state index contributed by atoms with van der Waals surface area (Å²) in [6.45, 7) is 0. The van der Waals surface area contributed by atoms with Crippen molar-refractivity contribution in [3.63, 3.8) is 0 Å². The largest absolute Gasteiger partial charge is 0.395 e. The van der Waals surface area contributed by atoms with Crippen LogP contribution in [0.5, 0.6) is 0 Å². The molecule has 2 N–H and O–H groups in total. The molecule has 0 atom stereocenters. The highest BCUT2D eigenvalue weighted by atomic mass is 79.9. The Balaban J connectivity index is 3.19. The van der Waals surface area contributed by atoms with Gasteiger partial charge in [0.25, 0.3) is 0 Å². The number of nitrogens with two attached hydrogens (primary N) is 1. The highest BCUT2D eigenvalue weighted by molar-refractivity contribution is 9.14. The van der Waals surface area contributed by atoms with E-state index in [1.807, 2.05) is 0 Å². The van der Waals surface area contributed by atoms with Gasteiger partial charge in [0.05, 0.1) is 14.7 Å². The zero-order valence-electron chi connectivity index (χ0n) is 5.23. The molecule has 0 radical (unpaired) electrons. The van der Waals surface area contributed by atoms with Gasteiger partial charge in [-0.15, -0.1) is 0 Å². The third-order valence-electron chi connectivity index (χ3n) is 1.16. The molecule has 0 unspecified atom stereocenters. The summed E-state index contributed by atoms with van der Waals surface area (Å²) >= 11 is 5.89. The van der Waals surface area contributed by atoms with Crippen molar-refractivity contribution in [3.05, 3.63) is 20.7 Å². The van der Waals surface area contributed by atoms with Crippen LogP contribution in [0.2, 0.25) is 0 Å². The van der Waals surface area contributed by atoms with Crippen molar-refractivity contribution in [3.8, 4) is 0 Å². The molecule has 0 aliphatic heterocycles. The second-order valence-electron chi connectivity index (χ2n) is 1.92. The van der Waals surface area contributed by atoms with E-state index in [4.69, 9.17) is 5.73 Å². The number of carbonyl (C=O) groups is 2. The lowest BCUT2D eigenvalue weighted by Gasteiger charge is -2.06. The van der Waals surface area contributed by atoms with E-state index in [1.165, 1.54) is 0 Å². The lowest BCUT2D eigenvalue weighted by Crippen LogP contribution is -2.19. The predicted molar refractivity (Wildman–Crippen MR) is 47.2 cm³/mol. The molecule has 3 nitrogen and oxygen atoms in total. The second-order valence-corrected chi connectivity index (χ2v) is 3.51. The van der Waals surface area contributed by atoms with Crippen molar-refractivity contribution < 1.29 is 9.59 Å². The Morgan fingerprint density at radius 3 is 2.27 bits per heavy atom. The topological polar surface area (TPSA) is 60.2 Å². The molecule has 5 heteroatoms. The molecule has 0 saturated carbocycles. The Morgan fingerprint density at radius 1 is 1.18 bits per heavy atom. The number of hydrogen-bond donors (Lipinski definition) is 1. The normalized spacial score (nSPS) is 18.9. The Hall–Kier alpha value is -0.420. The van der Waals surface area contributed by atoms with Crippen molar-refractivity contribution >= 4 is 43.4 Å². The maximum Gasteiger partial charge on any atom is 0.216 e. The van der Waals surface area contributed by atoms with Gasteiger partial charge >= 0.3 is 0 Å². The van der Waals surface area contributed by atoms with Crippen molar-refractivity contribution in [2.45, 2.75) is 0 Å². The third-order valence-corrected chi connectivity index (χ3v) is 3.23. The van der Waals surface area contributed by atoms with Crippen LogP contribution >= 0.6 is 31.9 Å². The van der Waals surface area contributed by atoms with Crippen LogP contribution in [0.3, 0.4) is 0 Å². The van der Waals surface area contributed by atoms with Gasteiger partial charge in [-0.1, -0.05) is 0 Å². The third kappa shape index (κ3) is 1.44. The van der Waals surface area contributed by atoms with E-state index >= 15 is 0 Å². The molecule has 58 valence electrons. The summed E-state index contributed by atoms with van der Waals surface area (Å²) in [6.07, 6.45) is 1.09. The molecule has 1 rings (SSSR count). The highest BCUT2D eigenvalue weighted by Crippen LogP contribution is 2.25. The van der Waals surface area contributed by atoms with Crippen LogP contribution in [0, 0.1) is 0 Å². The number of ketones is 2. The van der Waals surface area contributed by atoms with Crippen LogP contribution in [0.25, 0.3) is 0 Å². The number of allylic oxidation sites excluding steroid dienone is 3. The fourth-order valence-electron chi connectivity index (χ4n) is 0.605. The smallest absolute Gasteiger partial charge is 0.216 e. The molecule has 0 saturated heterocycles. The Morgan fingerprint density at radius 2 is 1.73 bits per heavy atom. The molecule has 0 amide bonds. The molecule has 0 heterocycles. The average molecular weight is 281 g/mol. The summed E-state index contributed by atoms with van der Waals surface area (Å²) < 4.78 is 0.402. The van der Waals surface area contributed by atoms with E-state index in [2.05, 4.69) is 31.9 Å². The van der Waals surface area contributed by atoms with Crippen LogP contribution in [-0.4, -0.2) is 11.6 Å². The SMILES string of the molecule is NC1=CC(=O)C(Br)=C(Br)C1=O. The molecule has 0 bridgehead atoms. The molecule has 11 heavy (non-hydrogen) atoms. The number of rotatable bonds is 0. The van der Waals surface area contributed by atoms with Gasteiger partial charge in [0.1, 0.15) is 0 Å². The molecule has 0 fully saturated rings. The Labute approximate surface area is 79.6 Å². The van der Waals surface area contributed by atoms with Crippen molar-refractivity contribution in [1.82, 2.24) is 0 Å². The van der Waals surface area contributed by atoms with Gasteiger partial charge < -0.3 is 5.73 Å². The van der Waals surface area contributed by atoms with Gasteiger partial charge in [-0.05, 0) is 31.9 Å². The van der Waals surface area contributed by atoms with Crippen LogP contribution in [0.15, 0.2) is 20.7 Å². The predicted octanol–water partition coefficient (Wildman–Crippen LogP) is 0.982. The first-order valence-electron chi connectivity index (χ1n) is 2.65. The fourth-order valence-corrected chi connectivity index (χ4v) is 1.32. The number of carbonyl (C=O) groups excluding carboxylic acids is 2. The van der Waals surface area contributed by atoms with Crippen LogP contribution < -0.4 is 5.73 Å². The van der Waals surface area contributed by atoms with E-state index in [0.29, 0.717) is 0 Å². The van der Waals surface area contributed by atoms with Gasteiger partial charge in [0.15, 0.2) is 5.78 Å². The zero-order valence-corrected chi connectivity index (χ0v) is 8.40. The summed E-state index contributed by atoms with van der Waals surface area (Å²) in [6, 6.07) is 0. The minimum atomic E-state index is -0.364. The van der Waals surface area contributed by atoms with Crippen molar-refractivity contribution in [2.24, 2.45) is 5.73 Å². The second kappa shape index (κ2) is 2.91. The molecular formula is C6H3Br2NO2. The van der Waals surface area contributed by atoms with E-state index in [0.717, 1.165) is 6.08 Å². The van der Waals surface area contributed by atoms with Gasteiger partial charge in [0, 0.05) is 6.08 Å². The van der Waals surface area contributed by atoms with Gasteiger partial charge in [-0.2, -0.15) is 0 Å². The Bertz CT molecular complexity index is 304. The van der Waals surface area contributed by atoms with Crippen LogP contribution in [0.4, 0.5) is 0 Å². The van der Waals surface area contributed by atoms with Crippen LogP contribution in [-0.2, 0) is 9.59 Å². The van der Waals surface area contributed by atoms with Gasteiger partial charge in [-0.3, -0.25) is 9.59 Å². The fraction of sp³-hybridized carbons (Fsp3) is 0.